The third kappa shape index (κ3) is 2.61. The molecule has 2 rings (SSSR count). The van der Waals surface area contributed by atoms with Crippen molar-refractivity contribution in [2.75, 3.05) is 0 Å². The van der Waals surface area contributed by atoms with Crippen LogP contribution in [0.5, 0.6) is 0 Å². The molecule has 1 aromatic carbocycles. The summed E-state index contributed by atoms with van der Waals surface area (Å²) in [7, 11) is 0. The highest BCUT2D eigenvalue weighted by atomic mass is 79.9. The van der Waals surface area contributed by atoms with Gasteiger partial charge in [-0.15, -0.1) is 5.10 Å². The molecule has 0 saturated carbocycles. The van der Waals surface area contributed by atoms with E-state index >= 15 is 0 Å². The van der Waals surface area contributed by atoms with Crippen LogP contribution in [0.25, 0.3) is 11.5 Å². The number of nitrogens with zero attached hydrogens (tertiary/aromatic N) is 2. The monoisotopic (exact) mass is 326 g/mol. The molecule has 0 bridgehead atoms. The van der Waals surface area contributed by atoms with Gasteiger partial charge in [-0.25, -0.2) is 0 Å². The van der Waals surface area contributed by atoms with E-state index < -0.39 is 11.7 Å². The first-order valence-corrected chi connectivity index (χ1v) is 5.41. The van der Waals surface area contributed by atoms with E-state index in [0.717, 1.165) is 6.07 Å². The fourth-order valence-electron chi connectivity index (χ4n) is 1.25. The van der Waals surface area contributed by atoms with Crippen LogP contribution in [0.4, 0.5) is 13.2 Å². The molecule has 17 heavy (non-hydrogen) atoms. The summed E-state index contributed by atoms with van der Waals surface area (Å²) < 4.78 is 43.4. The first-order chi connectivity index (χ1) is 7.88. The van der Waals surface area contributed by atoms with Crippen LogP contribution in [0.1, 0.15) is 5.56 Å². The van der Waals surface area contributed by atoms with Crippen molar-refractivity contribution in [2.24, 2.45) is 0 Å². The Hall–Kier alpha value is -1.08. The summed E-state index contributed by atoms with van der Waals surface area (Å²) in [6, 6.07) is 3.62. The van der Waals surface area contributed by atoms with Gasteiger partial charge in [0.05, 0.1) is 11.1 Å². The lowest BCUT2D eigenvalue weighted by molar-refractivity contribution is -0.137. The Morgan fingerprint density at radius 2 is 1.94 bits per heavy atom. The zero-order valence-electron chi connectivity index (χ0n) is 7.92. The second kappa shape index (κ2) is 4.30. The Balaban J connectivity index is 2.61. The highest BCUT2D eigenvalue weighted by Crippen LogP contribution is 2.38. The number of aromatic nitrogens is 2. The van der Waals surface area contributed by atoms with E-state index in [-0.39, 0.29) is 16.8 Å². The van der Waals surface area contributed by atoms with E-state index in [2.05, 4.69) is 26.1 Å². The molecule has 8 heteroatoms. The van der Waals surface area contributed by atoms with Crippen LogP contribution in [0.15, 0.2) is 27.1 Å². The molecule has 0 aliphatic rings. The molecule has 1 aromatic heterocycles. The Kier molecular flexibility index (Phi) is 3.13. The average molecular weight is 327 g/mol. The van der Waals surface area contributed by atoms with Gasteiger partial charge in [-0.3, -0.25) is 0 Å². The van der Waals surface area contributed by atoms with Gasteiger partial charge in [-0.05, 0) is 29.8 Å². The smallest absolute Gasteiger partial charge is 0.407 e. The number of alkyl halides is 3. The normalized spacial score (nSPS) is 11.8. The Labute approximate surface area is 107 Å². The van der Waals surface area contributed by atoms with E-state index in [0.29, 0.717) is 4.47 Å². The minimum absolute atomic E-state index is 0.208. The van der Waals surface area contributed by atoms with Gasteiger partial charge < -0.3 is 4.42 Å². The summed E-state index contributed by atoms with van der Waals surface area (Å²) in [6.07, 6.45) is -4.51. The summed E-state index contributed by atoms with van der Waals surface area (Å²) in [6.45, 7) is 0. The fourth-order valence-corrected chi connectivity index (χ4v) is 1.72. The average Bonchev–Trinajstić information content (AvgIpc) is 2.63. The first kappa shape index (κ1) is 12.4. The van der Waals surface area contributed by atoms with Crippen LogP contribution in [0, 0.1) is 0 Å². The van der Waals surface area contributed by atoms with Gasteiger partial charge in [0.25, 0.3) is 0 Å². The van der Waals surface area contributed by atoms with E-state index in [9.17, 15) is 13.2 Å². The maximum atomic E-state index is 12.8. The van der Waals surface area contributed by atoms with Crippen LogP contribution in [-0.4, -0.2) is 10.2 Å². The maximum Gasteiger partial charge on any atom is 0.417 e. The van der Waals surface area contributed by atoms with Crippen molar-refractivity contribution in [2.45, 2.75) is 6.18 Å². The zero-order chi connectivity index (χ0) is 12.6. The summed E-state index contributed by atoms with van der Waals surface area (Å²) in [5.41, 5.74) is -1.08. The van der Waals surface area contributed by atoms with Crippen molar-refractivity contribution >= 4 is 27.5 Å². The fraction of sp³-hybridized carbons (Fsp3) is 0.111. The second-order valence-corrected chi connectivity index (χ2v) is 4.29. The summed E-state index contributed by atoms with van der Waals surface area (Å²) in [5.74, 6) is -0.269. The molecule has 0 spiro atoms. The summed E-state index contributed by atoms with van der Waals surface area (Å²) >= 11 is 8.35. The zero-order valence-corrected chi connectivity index (χ0v) is 10.3. The van der Waals surface area contributed by atoms with Gasteiger partial charge in [0.15, 0.2) is 0 Å². The Morgan fingerprint density at radius 3 is 2.47 bits per heavy atom. The van der Waals surface area contributed by atoms with Gasteiger partial charge in [0.1, 0.15) is 0 Å². The molecule has 0 aliphatic carbocycles. The van der Waals surface area contributed by atoms with E-state index in [4.69, 9.17) is 16.0 Å². The molecular weight excluding hydrogens is 324 g/mol. The van der Waals surface area contributed by atoms with Crippen molar-refractivity contribution in [1.82, 2.24) is 10.2 Å². The molecule has 0 radical (unpaired) electrons. The predicted octanol–water partition coefficient (Wildman–Crippen LogP) is 4.17. The van der Waals surface area contributed by atoms with Gasteiger partial charge >= 0.3 is 11.5 Å². The van der Waals surface area contributed by atoms with E-state index in [1.54, 1.807) is 0 Å². The lowest BCUT2D eigenvalue weighted by atomic mass is 10.1. The molecule has 0 aliphatic heterocycles. The standard InChI is InChI=1S/C9H3BrClF3N2O/c10-4-1-2-5(6(3-4)9(12,13)14)7-15-16-8(11)17-7/h1-3H. The van der Waals surface area contributed by atoms with Gasteiger partial charge in [0, 0.05) is 4.47 Å². The van der Waals surface area contributed by atoms with Crippen molar-refractivity contribution < 1.29 is 17.6 Å². The van der Waals surface area contributed by atoms with Crippen molar-refractivity contribution in [3.05, 3.63) is 33.6 Å². The van der Waals surface area contributed by atoms with Crippen molar-refractivity contribution in [3.8, 4) is 11.5 Å². The van der Waals surface area contributed by atoms with Crippen molar-refractivity contribution in [1.29, 1.82) is 0 Å². The molecule has 3 nitrogen and oxygen atoms in total. The molecule has 1 heterocycles. The molecule has 90 valence electrons. The lowest BCUT2D eigenvalue weighted by Crippen LogP contribution is -2.07. The van der Waals surface area contributed by atoms with E-state index in [1.165, 1.54) is 12.1 Å². The molecule has 0 atom stereocenters. The first-order valence-electron chi connectivity index (χ1n) is 4.24. The van der Waals surface area contributed by atoms with Crippen molar-refractivity contribution in [3.63, 3.8) is 0 Å². The topological polar surface area (TPSA) is 38.9 Å². The maximum absolute atomic E-state index is 12.8. The van der Waals surface area contributed by atoms with Gasteiger partial charge in [0.2, 0.25) is 5.89 Å². The number of rotatable bonds is 1. The van der Waals surface area contributed by atoms with Crippen LogP contribution >= 0.6 is 27.5 Å². The number of hydrogen-bond donors (Lipinski definition) is 0. The molecule has 0 saturated heterocycles. The lowest BCUT2D eigenvalue weighted by Gasteiger charge is -2.10. The number of hydrogen-bond acceptors (Lipinski definition) is 3. The van der Waals surface area contributed by atoms with Gasteiger partial charge in [-0.2, -0.15) is 13.2 Å². The van der Waals surface area contributed by atoms with Crippen LogP contribution < -0.4 is 0 Å². The number of benzene rings is 1. The Bertz CT molecular complexity index is 555. The highest BCUT2D eigenvalue weighted by molar-refractivity contribution is 9.10. The third-order valence-electron chi connectivity index (χ3n) is 1.92. The summed E-state index contributed by atoms with van der Waals surface area (Å²) in [4.78, 5) is 0. The SMILES string of the molecule is FC(F)(F)c1cc(Br)ccc1-c1nnc(Cl)o1. The third-order valence-corrected chi connectivity index (χ3v) is 2.56. The molecule has 0 fully saturated rings. The molecule has 2 aromatic rings. The molecule has 0 unspecified atom stereocenters. The highest BCUT2D eigenvalue weighted by Gasteiger charge is 2.35. The molecule has 0 N–H and O–H groups in total. The Morgan fingerprint density at radius 1 is 1.24 bits per heavy atom. The minimum Gasteiger partial charge on any atom is -0.407 e. The summed E-state index contributed by atoms with van der Waals surface area (Å²) in [5, 5.41) is 6.43. The van der Waals surface area contributed by atoms with Crippen LogP contribution in [0.2, 0.25) is 5.35 Å². The predicted molar refractivity (Wildman–Crippen MR) is 57.4 cm³/mol. The van der Waals surface area contributed by atoms with Gasteiger partial charge in [-0.1, -0.05) is 21.0 Å². The van der Waals surface area contributed by atoms with Crippen LogP contribution in [-0.2, 0) is 6.18 Å². The van der Waals surface area contributed by atoms with E-state index in [1.807, 2.05) is 0 Å². The molecule has 0 amide bonds. The second-order valence-electron chi connectivity index (χ2n) is 3.05. The largest absolute Gasteiger partial charge is 0.417 e. The minimum atomic E-state index is -4.51. The van der Waals surface area contributed by atoms with Crippen LogP contribution in [0.3, 0.4) is 0 Å². The molecular formula is C9H3BrClF3N2O. The number of halogens is 5. The quantitative estimate of drug-likeness (QED) is 0.789.